The van der Waals surface area contributed by atoms with Gasteiger partial charge in [0.25, 0.3) is 0 Å². The van der Waals surface area contributed by atoms with Gasteiger partial charge < -0.3 is 10.6 Å². The highest BCUT2D eigenvalue weighted by Gasteiger charge is 2.04. The average molecular weight is 360 g/mol. The Morgan fingerprint density at radius 3 is 2.36 bits per heavy atom. The van der Waals surface area contributed by atoms with Crippen molar-refractivity contribution in [2.45, 2.75) is 24.7 Å². The number of carbonyl (C=O) groups excluding carboxylic acids is 2. The van der Waals surface area contributed by atoms with Gasteiger partial charge in [-0.25, -0.2) is 4.39 Å². The molecule has 0 aliphatic rings. The molecule has 25 heavy (non-hydrogen) atoms. The number of halogens is 1. The Balaban J connectivity index is 1.63. The van der Waals surface area contributed by atoms with Gasteiger partial charge in [-0.05, 0) is 54.1 Å². The quantitative estimate of drug-likeness (QED) is 0.558. The van der Waals surface area contributed by atoms with Crippen LogP contribution < -0.4 is 10.6 Å². The average Bonchev–Trinajstić information content (AvgIpc) is 2.57. The van der Waals surface area contributed by atoms with Gasteiger partial charge in [0.15, 0.2) is 0 Å². The second-order valence-corrected chi connectivity index (χ2v) is 6.73. The summed E-state index contributed by atoms with van der Waals surface area (Å²) in [6, 6.07) is 13.6. The van der Waals surface area contributed by atoms with Crippen molar-refractivity contribution in [2.24, 2.45) is 0 Å². The van der Waals surface area contributed by atoms with E-state index in [4.69, 9.17) is 0 Å². The van der Waals surface area contributed by atoms with Crippen LogP contribution in [0.15, 0.2) is 53.4 Å². The highest BCUT2D eigenvalue weighted by molar-refractivity contribution is 7.99. The Morgan fingerprint density at radius 2 is 1.72 bits per heavy atom. The van der Waals surface area contributed by atoms with Crippen LogP contribution in [-0.2, 0) is 16.0 Å². The molecule has 0 atom stereocenters. The van der Waals surface area contributed by atoms with E-state index in [1.807, 2.05) is 12.1 Å². The molecule has 0 radical (unpaired) electrons. The molecule has 2 aromatic rings. The summed E-state index contributed by atoms with van der Waals surface area (Å²) >= 11 is 1.64. The van der Waals surface area contributed by atoms with E-state index in [-0.39, 0.29) is 17.6 Å². The fraction of sp³-hybridized carbons (Fsp3) is 0.263. The van der Waals surface area contributed by atoms with Gasteiger partial charge in [0.2, 0.25) is 11.8 Å². The highest BCUT2D eigenvalue weighted by atomic mass is 32.2. The standard InChI is InChI=1S/C19H21FN2O2S/c1-14(23)22-17-7-3-15(4-8-17)13-19(24)21-11-2-12-25-18-9-5-16(20)6-10-18/h3-10H,2,11-13H2,1H3,(H,21,24)(H,22,23). The molecule has 2 amide bonds. The lowest BCUT2D eigenvalue weighted by molar-refractivity contribution is -0.120. The summed E-state index contributed by atoms with van der Waals surface area (Å²) in [6.45, 7) is 2.06. The predicted octanol–water partition coefficient (Wildman–Crippen LogP) is 3.63. The van der Waals surface area contributed by atoms with E-state index in [9.17, 15) is 14.0 Å². The van der Waals surface area contributed by atoms with Crippen LogP contribution in [0.3, 0.4) is 0 Å². The van der Waals surface area contributed by atoms with Crippen LogP contribution in [0.1, 0.15) is 18.9 Å². The minimum Gasteiger partial charge on any atom is -0.356 e. The molecule has 0 saturated carbocycles. The molecule has 2 N–H and O–H groups in total. The minimum atomic E-state index is -0.235. The van der Waals surface area contributed by atoms with E-state index >= 15 is 0 Å². The van der Waals surface area contributed by atoms with Crippen molar-refractivity contribution in [1.29, 1.82) is 0 Å². The fourth-order valence-corrected chi connectivity index (χ4v) is 3.03. The Hall–Kier alpha value is -2.34. The zero-order chi connectivity index (χ0) is 18.1. The molecule has 4 nitrogen and oxygen atoms in total. The fourth-order valence-electron chi connectivity index (χ4n) is 2.18. The topological polar surface area (TPSA) is 58.2 Å². The third-order valence-corrected chi connectivity index (χ3v) is 4.46. The molecule has 6 heteroatoms. The van der Waals surface area contributed by atoms with Crippen LogP contribution in [0.25, 0.3) is 0 Å². The van der Waals surface area contributed by atoms with Crippen molar-refractivity contribution in [3.8, 4) is 0 Å². The maximum Gasteiger partial charge on any atom is 0.224 e. The normalized spacial score (nSPS) is 10.3. The lowest BCUT2D eigenvalue weighted by atomic mass is 10.1. The first-order chi connectivity index (χ1) is 12.0. The molecule has 0 aromatic heterocycles. The number of amides is 2. The van der Waals surface area contributed by atoms with E-state index in [1.165, 1.54) is 19.1 Å². The molecule has 0 unspecified atom stereocenters. The molecule has 2 aromatic carbocycles. The molecule has 2 rings (SSSR count). The van der Waals surface area contributed by atoms with Gasteiger partial charge in [0.05, 0.1) is 6.42 Å². The Labute approximate surface area is 151 Å². The molecule has 0 bridgehead atoms. The van der Waals surface area contributed by atoms with Gasteiger partial charge in [0.1, 0.15) is 5.82 Å². The first-order valence-corrected chi connectivity index (χ1v) is 9.03. The summed E-state index contributed by atoms with van der Waals surface area (Å²) < 4.78 is 12.8. The number of nitrogens with one attached hydrogen (secondary N) is 2. The summed E-state index contributed by atoms with van der Waals surface area (Å²) in [5.41, 5.74) is 1.61. The van der Waals surface area contributed by atoms with Crippen LogP contribution >= 0.6 is 11.8 Å². The summed E-state index contributed by atoms with van der Waals surface area (Å²) in [6.07, 6.45) is 1.15. The number of benzene rings is 2. The van der Waals surface area contributed by atoms with Crippen molar-refractivity contribution < 1.29 is 14.0 Å². The number of hydrogen-bond acceptors (Lipinski definition) is 3. The van der Waals surface area contributed by atoms with Gasteiger partial charge in [-0.3, -0.25) is 9.59 Å². The Morgan fingerprint density at radius 1 is 1.04 bits per heavy atom. The number of thioether (sulfide) groups is 1. The monoisotopic (exact) mass is 360 g/mol. The molecule has 0 aliphatic heterocycles. The zero-order valence-corrected chi connectivity index (χ0v) is 14.9. The van der Waals surface area contributed by atoms with Crippen molar-refractivity contribution >= 4 is 29.3 Å². The molecule has 0 fully saturated rings. The number of carbonyl (C=O) groups is 2. The van der Waals surface area contributed by atoms with Crippen molar-refractivity contribution in [3.05, 3.63) is 59.9 Å². The van der Waals surface area contributed by atoms with Gasteiger partial charge in [0, 0.05) is 24.1 Å². The third kappa shape index (κ3) is 7.39. The molecule has 0 aliphatic carbocycles. The lowest BCUT2D eigenvalue weighted by Gasteiger charge is -2.07. The number of anilines is 1. The van der Waals surface area contributed by atoms with Gasteiger partial charge in [-0.2, -0.15) is 0 Å². The van der Waals surface area contributed by atoms with Gasteiger partial charge >= 0.3 is 0 Å². The maximum atomic E-state index is 12.8. The van der Waals surface area contributed by atoms with Crippen molar-refractivity contribution in [2.75, 3.05) is 17.6 Å². The molecule has 0 heterocycles. The summed E-state index contributed by atoms with van der Waals surface area (Å²) in [7, 11) is 0. The Kier molecular flexibility index (Phi) is 7.47. The molecule has 0 saturated heterocycles. The second-order valence-electron chi connectivity index (χ2n) is 5.56. The minimum absolute atomic E-state index is 0.0286. The van der Waals surface area contributed by atoms with Crippen LogP contribution in [-0.4, -0.2) is 24.1 Å². The summed E-state index contributed by atoms with van der Waals surface area (Å²) in [5.74, 6) is 0.474. The van der Waals surface area contributed by atoms with E-state index in [1.54, 1.807) is 36.0 Å². The molecule has 0 spiro atoms. The zero-order valence-electron chi connectivity index (χ0n) is 14.0. The van der Waals surface area contributed by atoms with Crippen LogP contribution in [0, 0.1) is 5.82 Å². The lowest BCUT2D eigenvalue weighted by Crippen LogP contribution is -2.26. The molecule has 132 valence electrons. The number of hydrogen-bond donors (Lipinski definition) is 2. The molecular weight excluding hydrogens is 339 g/mol. The second kappa shape index (κ2) is 9.84. The van der Waals surface area contributed by atoms with Gasteiger partial charge in [-0.1, -0.05) is 12.1 Å². The summed E-state index contributed by atoms with van der Waals surface area (Å²) in [5, 5.41) is 5.58. The van der Waals surface area contributed by atoms with Crippen LogP contribution in [0.5, 0.6) is 0 Å². The molecular formula is C19H21FN2O2S. The first-order valence-electron chi connectivity index (χ1n) is 8.04. The summed E-state index contributed by atoms with van der Waals surface area (Å²) in [4.78, 5) is 23.9. The first kappa shape index (κ1) is 19.0. The Bertz CT molecular complexity index is 702. The third-order valence-electron chi connectivity index (χ3n) is 3.36. The van der Waals surface area contributed by atoms with E-state index in [0.29, 0.717) is 13.0 Å². The van der Waals surface area contributed by atoms with E-state index in [0.717, 1.165) is 28.3 Å². The van der Waals surface area contributed by atoms with Gasteiger partial charge in [-0.15, -0.1) is 11.8 Å². The van der Waals surface area contributed by atoms with Crippen LogP contribution in [0.4, 0.5) is 10.1 Å². The van der Waals surface area contributed by atoms with E-state index in [2.05, 4.69) is 10.6 Å². The maximum absolute atomic E-state index is 12.8. The smallest absolute Gasteiger partial charge is 0.224 e. The SMILES string of the molecule is CC(=O)Nc1ccc(CC(=O)NCCCSc2ccc(F)cc2)cc1. The predicted molar refractivity (Wildman–Crippen MR) is 99.2 cm³/mol. The largest absolute Gasteiger partial charge is 0.356 e. The highest BCUT2D eigenvalue weighted by Crippen LogP contribution is 2.18. The van der Waals surface area contributed by atoms with Crippen molar-refractivity contribution in [3.63, 3.8) is 0 Å². The number of rotatable bonds is 8. The van der Waals surface area contributed by atoms with Crippen molar-refractivity contribution in [1.82, 2.24) is 5.32 Å². The van der Waals surface area contributed by atoms with E-state index < -0.39 is 0 Å². The van der Waals surface area contributed by atoms with Crippen LogP contribution in [0.2, 0.25) is 0 Å².